The average Bonchev–Trinajstić information content (AvgIpc) is 2.96. The Bertz CT molecular complexity index is 1450. The first-order valence-electron chi connectivity index (χ1n) is 13.2. The van der Waals surface area contributed by atoms with E-state index in [0.717, 1.165) is 52.0 Å². The Morgan fingerprint density at radius 3 is 1.35 bits per heavy atom. The van der Waals surface area contributed by atoms with Gasteiger partial charge in [0.2, 0.25) is 0 Å². The average molecular weight is 565 g/mol. The van der Waals surface area contributed by atoms with E-state index in [4.69, 9.17) is 9.47 Å². The first kappa shape index (κ1) is 31.7. The Labute approximate surface area is 259 Å². The number of ether oxygens (including phenoxy) is 2. The largest absolute Gasteiger partial charge is 1.00 e. The summed E-state index contributed by atoms with van der Waals surface area (Å²) in [5.74, 6) is 1.03. The van der Waals surface area contributed by atoms with Crippen molar-refractivity contribution < 1.29 is 52.0 Å². The van der Waals surface area contributed by atoms with Crippen LogP contribution in [-0.4, -0.2) is 31.9 Å². The number of hydrogen-bond acceptors (Lipinski definition) is 5. The summed E-state index contributed by atoms with van der Waals surface area (Å²) in [4.78, 5) is 0. The Morgan fingerprint density at radius 2 is 0.975 bits per heavy atom. The molecule has 0 aromatic heterocycles. The van der Waals surface area contributed by atoms with Gasteiger partial charge in [-0.15, -0.1) is 0 Å². The van der Waals surface area contributed by atoms with Crippen LogP contribution in [0.1, 0.15) is 48.4 Å². The van der Waals surface area contributed by atoms with Crippen molar-refractivity contribution in [2.24, 2.45) is 0 Å². The molecular formula is C33H33NaO5S. The molecule has 0 atom stereocenters. The zero-order chi connectivity index (χ0) is 27.5. The summed E-state index contributed by atoms with van der Waals surface area (Å²) in [5, 5.41) is 0. The van der Waals surface area contributed by atoms with E-state index in [0.29, 0.717) is 12.4 Å². The van der Waals surface area contributed by atoms with E-state index >= 15 is 0 Å². The summed E-state index contributed by atoms with van der Waals surface area (Å²) >= 11 is 0. The fourth-order valence-corrected chi connectivity index (χ4v) is 4.79. The van der Waals surface area contributed by atoms with E-state index < -0.39 is 15.9 Å². The molecule has 0 amide bonds. The fraction of sp³-hybridized carbons (Fsp3) is 0.212. The summed E-state index contributed by atoms with van der Waals surface area (Å²) in [7, 11) is -4.24. The van der Waals surface area contributed by atoms with Crippen molar-refractivity contribution in [2.45, 2.75) is 26.2 Å². The van der Waals surface area contributed by atoms with E-state index in [1.807, 2.05) is 72.8 Å². The SMILES string of the molecule is CCCCOc1ccc(/C(=C(\c2ccccc2)c2ccc(OCCCS(=O)(=O)[O-])cc2)c2ccccc2)cc1.[Na+]. The quantitative estimate of drug-likeness (QED) is 0.105. The minimum Gasteiger partial charge on any atom is -0.748 e. The van der Waals surface area contributed by atoms with Crippen LogP contribution in [0, 0.1) is 0 Å². The summed E-state index contributed by atoms with van der Waals surface area (Å²) in [6, 6.07) is 36.6. The third kappa shape index (κ3) is 9.36. The van der Waals surface area contributed by atoms with Gasteiger partial charge in [0, 0.05) is 5.75 Å². The van der Waals surface area contributed by atoms with Crippen molar-refractivity contribution in [3.05, 3.63) is 131 Å². The molecule has 0 aliphatic rings. The maximum atomic E-state index is 10.8. The molecule has 4 aromatic carbocycles. The van der Waals surface area contributed by atoms with Gasteiger partial charge in [0.15, 0.2) is 0 Å². The molecule has 0 saturated heterocycles. The first-order chi connectivity index (χ1) is 18.9. The molecule has 0 saturated carbocycles. The van der Waals surface area contributed by atoms with Gasteiger partial charge in [-0.05, 0) is 70.5 Å². The van der Waals surface area contributed by atoms with Crippen LogP contribution < -0.4 is 39.0 Å². The summed E-state index contributed by atoms with van der Waals surface area (Å²) < 4.78 is 44.1. The molecule has 0 spiro atoms. The van der Waals surface area contributed by atoms with E-state index in [2.05, 4.69) is 43.3 Å². The standard InChI is InChI=1S/C33H34O5S.Na/c1-2-3-23-37-30-19-15-28(16-20-30)32(26-11-6-4-7-12-26)33(27-13-8-5-9-14-27)29-17-21-31(22-18-29)38-24-10-25-39(34,35)36;/h4-9,11-22H,2-3,10,23-25H2,1H3,(H,34,35,36);/q;+1/p-1/b33-32+;. The van der Waals surface area contributed by atoms with Crippen LogP contribution in [0.4, 0.5) is 0 Å². The van der Waals surface area contributed by atoms with Gasteiger partial charge in [0.25, 0.3) is 0 Å². The van der Waals surface area contributed by atoms with Crippen molar-refractivity contribution >= 4 is 21.3 Å². The summed E-state index contributed by atoms with van der Waals surface area (Å²) in [6.07, 6.45) is 2.26. The monoisotopic (exact) mass is 564 g/mol. The smallest absolute Gasteiger partial charge is 0.748 e. The second kappa shape index (κ2) is 15.8. The molecule has 0 radical (unpaired) electrons. The van der Waals surface area contributed by atoms with Crippen molar-refractivity contribution in [2.75, 3.05) is 19.0 Å². The second-order valence-electron chi connectivity index (χ2n) is 9.20. The molecule has 0 aliphatic carbocycles. The molecular weight excluding hydrogens is 531 g/mol. The topological polar surface area (TPSA) is 75.7 Å². The van der Waals surface area contributed by atoms with Gasteiger partial charge in [0.1, 0.15) is 11.5 Å². The third-order valence-electron chi connectivity index (χ3n) is 6.23. The van der Waals surface area contributed by atoms with Gasteiger partial charge in [-0.3, -0.25) is 0 Å². The first-order valence-corrected chi connectivity index (χ1v) is 14.8. The van der Waals surface area contributed by atoms with Crippen LogP contribution in [0.5, 0.6) is 11.5 Å². The Hall–Kier alpha value is -2.87. The van der Waals surface area contributed by atoms with Gasteiger partial charge >= 0.3 is 29.6 Å². The Balaban J connectivity index is 0.00000441. The number of unbranched alkanes of at least 4 members (excludes halogenated alkanes) is 1. The van der Waals surface area contributed by atoms with Crippen molar-refractivity contribution in [3.63, 3.8) is 0 Å². The molecule has 7 heteroatoms. The Kier molecular flexibility index (Phi) is 12.5. The minimum absolute atomic E-state index is 0. The molecule has 5 nitrogen and oxygen atoms in total. The normalized spacial score (nSPS) is 11.8. The Morgan fingerprint density at radius 1 is 0.600 bits per heavy atom. The number of rotatable bonds is 13. The predicted molar refractivity (Wildman–Crippen MR) is 156 cm³/mol. The predicted octanol–water partition coefficient (Wildman–Crippen LogP) is 4.19. The zero-order valence-corrected chi connectivity index (χ0v) is 25.9. The maximum Gasteiger partial charge on any atom is 1.00 e. The summed E-state index contributed by atoms with van der Waals surface area (Å²) in [5.41, 5.74) is 6.42. The van der Waals surface area contributed by atoms with Gasteiger partial charge in [0.05, 0.1) is 23.3 Å². The molecule has 0 unspecified atom stereocenters. The van der Waals surface area contributed by atoms with E-state index in [1.165, 1.54) is 0 Å². The zero-order valence-electron chi connectivity index (χ0n) is 23.1. The molecule has 0 heterocycles. The van der Waals surface area contributed by atoms with Gasteiger partial charge in [-0.1, -0.05) is 98.3 Å². The molecule has 0 bridgehead atoms. The van der Waals surface area contributed by atoms with Gasteiger partial charge in [-0.25, -0.2) is 8.42 Å². The molecule has 4 aromatic rings. The van der Waals surface area contributed by atoms with Gasteiger partial charge in [-0.2, -0.15) is 0 Å². The van der Waals surface area contributed by atoms with E-state index in [9.17, 15) is 13.0 Å². The van der Waals surface area contributed by atoms with Gasteiger partial charge < -0.3 is 14.0 Å². The molecule has 4 rings (SSSR count). The maximum absolute atomic E-state index is 10.8. The van der Waals surface area contributed by atoms with E-state index in [1.54, 1.807) is 0 Å². The number of hydrogen-bond donors (Lipinski definition) is 0. The van der Waals surface area contributed by atoms with Crippen molar-refractivity contribution in [1.82, 2.24) is 0 Å². The fourth-order valence-electron chi connectivity index (χ4n) is 4.32. The van der Waals surface area contributed by atoms with Crippen LogP contribution in [0.3, 0.4) is 0 Å². The second-order valence-corrected chi connectivity index (χ2v) is 10.7. The molecule has 0 N–H and O–H groups in total. The number of benzene rings is 4. The summed E-state index contributed by atoms with van der Waals surface area (Å²) in [6.45, 7) is 3.01. The third-order valence-corrected chi connectivity index (χ3v) is 7.02. The van der Waals surface area contributed by atoms with Crippen LogP contribution in [0.25, 0.3) is 11.1 Å². The van der Waals surface area contributed by atoms with Crippen LogP contribution in [0.2, 0.25) is 0 Å². The minimum atomic E-state index is -4.24. The van der Waals surface area contributed by atoms with E-state index in [-0.39, 0.29) is 42.6 Å². The van der Waals surface area contributed by atoms with Crippen molar-refractivity contribution in [3.8, 4) is 11.5 Å². The van der Waals surface area contributed by atoms with Crippen LogP contribution in [-0.2, 0) is 10.1 Å². The van der Waals surface area contributed by atoms with Crippen LogP contribution in [0.15, 0.2) is 109 Å². The molecule has 202 valence electrons. The molecule has 40 heavy (non-hydrogen) atoms. The molecule has 0 fully saturated rings. The van der Waals surface area contributed by atoms with Crippen LogP contribution >= 0.6 is 0 Å². The molecule has 0 aliphatic heterocycles. The van der Waals surface area contributed by atoms with Crippen molar-refractivity contribution in [1.29, 1.82) is 0 Å².